The minimum Gasteiger partial charge on any atom is -0.402 e. The zero-order valence-electron chi connectivity index (χ0n) is 9.28. The molecule has 1 aromatic heterocycles. The molecule has 0 aliphatic heterocycles. The van der Waals surface area contributed by atoms with Gasteiger partial charge in [-0.1, -0.05) is 23.7 Å². The molecule has 0 bridgehead atoms. The van der Waals surface area contributed by atoms with Gasteiger partial charge in [-0.25, -0.2) is 9.97 Å². The van der Waals surface area contributed by atoms with Gasteiger partial charge < -0.3 is 10.5 Å². The van der Waals surface area contributed by atoms with Crippen molar-refractivity contribution in [3.05, 3.63) is 35.5 Å². The van der Waals surface area contributed by atoms with E-state index in [1.165, 1.54) is 24.3 Å². The highest BCUT2D eigenvalue weighted by molar-refractivity contribution is 6.30. The molecule has 0 amide bonds. The molecule has 2 N–H and O–H groups in total. The number of hydrogen-bond donors (Lipinski definition) is 1. The van der Waals surface area contributed by atoms with Crippen LogP contribution >= 0.6 is 11.6 Å². The van der Waals surface area contributed by atoms with E-state index >= 15 is 0 Å². The second-order valence-electron chi connectivity index (χ2n) is 3.50. The van der Waals surface area contributed by atoms with E-state index in [0.29, 0.717) is 10.6 Å². The molecule has 1 heterocycles. The Morgan fingerprint density at radius 1 is 1.16 bits per heavy atom. The Hall–Kier alpha value is -2.02. The first kappa shape index (κ1) is 13.4. The summed E-state index contributed by atoms with van der Waals surface area (Å²) in [4.78, 5) is 7.24. The highest BCUT2D eigenvalue weighted by atomic mass is 35.5. The number of ether oxygens (including phenoxy) is 1. The quantitative estimate of drug-likeness (QED) is 0.921. The first-order chi connectivity index (χ1) is 8.85. The third-order valence-electron chi connectivity index (χ3n) is 2.12. The molecule has 0 atom stereocenters. The SMILES string of the molecule is Nc1ncc(OC(F)(F)F)c(-c2ccc(Cl)cc2)n1. The summed E-state index contributed by atoms with van der Waals surface area (Å²) in [7, 11) is 0. The molecule has 1 aromatic carbocycles. The number of nitrogens with zero attached hydrogens (tertiary/aromatic N) is 2. The van der Waals surface area contributed by atoms with E-state index in [4.69, 9.17) is 17.3 Å². The summed E-state index contributed by atoms with van der Waals surface area (Å²) in [5, 5.41) is 0.448. The summed E-state index contributed by atoms with van der Waals surface area (Å²) >= 11 is 5.71. The van der Waals surface area contributed by atoms with Crippen LogP contribution in [0.25, 0.3) is 11.3 Å². The molecule has 0 aliphatic rings. The fourth-order valence-electron chi connectivity index (χ4n) is 1.40. The van der Waals surface area contributed by atoms with Gasteiger partial charge in [0, 0.05) is 10.6 Å². The lowest BCUT2D eigenvalue weighted by Gasteiger charge is -2.12. The Kier molecular flexibility index (Phi) is 3.48. The monoisotopic (exact) mass is 289 g/mol. The Morgan fingerprint density at radius 2 is 1.79 bits per heavy atom. The van der Waals surface area contributed by atoms with Gasteiger partial charge in [-0.2, -0.15) is 0 Å². The van der Waals surface area contributed by atoms with Gasteiger partial charge >= 0.3 is 6.36 Å². The van der Waals surface area contributed by atoms with Gasteiger partial charge in [-0.05, 0) is 12.1 Å². The van der Waals surface area contributed by atoms with Crippen LogP contribution in [0.3, 0.4) is 0 Å². The van der Waals surface area contributed by atoms with Gasteiger partial charge in [0.15, 0.2) is 5.75 Å². The first-order valence-corrected chi connectivity index (χ1v) is 5.37. The molecule has 8 heteroatoms. The van der Waals surface area contributed by atoms with Crippen molar-refractivity contribution in [2.45, 2.75) is 6.36 Å². The Bertz CT molecular complexity index is 587. The summed E-state index contributed by atoms with van der Waals surface area (Å²) in [6.45, 7) is 0. The molecule has 100 valence electrons. The summed E-state index contributed by atoms with van der Waals surface area (Å²) in [5.41, 5.74) is 5.71. The Morgan fingerprint density at radius 3 is 2.37 bits per heavy atom. The fourth-order valence-corrected chi connectivity index (χ4v) is 1.52. The Balaban J connectivity index is 2.48. The van der Waals surface area contributed by atoms with Crippen molar-refractivity contribution in [3.63, 3.8) is 0 Å². The predicted molar refractivity (Wildman–Crippen MR) is 63.6 cm³/mol. The first-order valence-electron chi connectivity index (χ1n) is 4.99. The van der Waals surface area contributed by atoms with E-state index in [9.17, 15) is 13.2 Å². The average molecular weight is 290 g/mol. The molecule has 0 saturated heterocycles. The van der Waals surface area contributed by atoms with Crippen LogP contribution in [0.15, 0.2) is 30.5 Å². The van der Waals surface area contributed by atoms with Crippen LogP contribution in [-0.2, 0) is 0 Å². The number of aromatic nitrogens is 2. The average Bonchev–Trinajstić information content (AvgIpc) is 2.31. The lowest BCUT2D eigenvalue weighted by Crippen LogP contribution is -2.18. The molecular weight excluding hydrogens is 283 g/mol. The third kappa shape index (κ3) is 3.47. The zero-order chi connectivity index (χ0) is 14.0. The van der Waals surface area contributed by atoms with Gasteiger partial charge in [0.1, 0.15) is 5.69 Å². The summed E-state index contributed by atoms with van der Waals surface area (Å²) in [6, 6.07) is 6.06. The van der Waals surface area contributed by atoms with Crippen molar-refractivity contribution in [2.75, 3.05) is 5.73 Å². The number of rotatable bonds is 2. The van der Waals surface area contributed by atoms with Crippen LogP contribution < -0.4 is 10.5 Å². The van der Waals surface area contributed by atoms with Crippen LogP contribution in [0, 0.1) is 0 Å². The fraction of sp³-hybridized carbons (Fsp3) is 0.0909. The van der Waals surface area contributed by atoms with Crippen LogP contribution in [0.1, 0.15) is 0 Å². The lowest BCUT2D eigenvalue weighted by atomic mass is 10.1. The topological polar surface area (TPSA) is 61.0 Å². The van der Waals surface area contributed by atoms with Crippen LogP contribution in [-0.4, -0.2) is 16.3 Å². The Labute approximate surface area is 111 Å². The van der Waals surface area contributed by atoms with Gasteiger partial charge in [0.2, 0.25) is 5.95 Å². The highest BCUT2D eigenvalue weighted by Crippen LogP contribution is 2.32. The van der Waals surface area contributed by atoms with Crippen LogP contribution in [0.2, 0.25) is 5.02 Å². The maximum atomic E-state index is 12.3. The third-order valence-corrected chi connectivity index (χ3v) is 2.37. The van der Waals surface area contributed by atoms with E-state index < -0.39 is 12.1 Å². The molecule has 0 aliphatic carbocycles. The van der Waals surface area contributed by atoms with Crippen molar-refractivity contribution < 1.29 is 17.9 Å². The van der Waals surface area contributed by atoms with Crippen molar-refractivity contribution in [2.24, 2.45) is 0 Å². The van der Waals surface area contributed by atoms with E-state index in [2.05, 4.69) is 14.7 Å². The van der Waals surface area contributed by atoms with Crippen LogP contribution in [0.4, 0.5) is 19.1 Å². The van der Waals surface area contributed by atoms with E-state index in [1.807, 2.05) is 0 Å². The minimum absolute atomic E-state index is 0.0542. The second-order valence-corrected chi connectivity index (χ2v) is 3.93. The molecule has 19 heavy (non-hydrogen) atoms. The zero-order valence-corrected chi connectivity index (χ0v) is 10.0. The molecule has 2 rings (SSSR count). The number of alkyl halides is 3. The van der Waals surface area contributed by atoms with Crippen molar-refractivity contribution in [3.8, 4) is 17.0 Å². The second kappa shape index (κ2) is 4.93. The smallest absolute Gasteiger partial charge is 0.402 e. The molecule has 0 spiro atoms. The van der Waals surface area contributed by atoms with E-state index in [0.717, 1.165) is 6.20 Å². The maximum absolute atomic E-state index is 12.3. The summed E-state index contributed by atoms with van der Waals surface area (Å²) < 4.78 is 40.7. The molecule has 4 nitrogen and oxygen atoms in total. The van der Waals surface area contributed by atoms with Gasteiger partial charge in [-0.15, -0.1) is 13.2 Å². The van der Waals surface area contributed by atoms with Gasteiger partial charge in [0.05, 0.1) is 6.20 Å². The molecular formula is C11H7ClF3N3O. The standard InChI is InChI=1S/C11H7ClF3N3O/c12-7-3-1-6(2-4-7)9-8(19-11(13,14)15)5-17-10(16)18-9/h1-5H,(H2,16,17,18). The number of nitrogen functional groups attached to an aromatic ring is 1. The molecule has 0 saturated carbocycles. The summed E-state index contributed by atoms with van der Waals surface area (Å²) in [6.07, 6.45) is -3.96. The van der Waals surface area contributed by atoms with Crippen molar-refractivity contribution in [1.29, 1.82) is 0 Å². The van der Waals surface area contributed by atoms with Gasteiger partial charge in [-0.3, -0.25) is 0 Å². The van der Waals surface area contributed by atoms with Crippen molar-refractivity contribution in [1.82, 2.24) is 9.97 Å². The van der Waals surface area contributed by atoms with Crippen molar-refractivity contribution >= 4 is 17.5 Å². The molecule has 0 unspecified atom stereocenters. The van der Waals surface area contributed by atoms with E-state index in [-0.39, 0.29) is 11.6 Å². The predicted octanol–water partition coefficient (Wildman–Crippen LogP) is 3.28. The maximum Gasteiger partial charge on any atom is 0.573 e. The molecule has 0 fully saturated rings. The number of halogens is 4. The highest BCUT2D eigenvalue weighted by Gasteiger charge is 2.33. The molecule has 2 aromatic rings. The lowest BCUT2D eigenvalue weighted by molar-refractivity contribution is -0.274. The largest absolute Gasteiger partial charge is 0.573 e. The van der Waals surface area contributed by atoms with Gasteiger partial charge in [0.25, 0.3) is 0 Å². The van der Waals surface area contributed by atoms with E-state index in [1.54, 1.807) is 0 Å². The number of benzene rings is 1. The number of nitrogens with two attached hydrogens (primary N) is 1. The molecule has 0 radical (unpaired) electrons. The normalized spacial score (nSPS) is 11.4. The number of hydrogen-bond acceptors (Lipinski definition) is 4. The van der Waals surface area contributed by atoms with Crippen LogP contribution in [0.5, 0.6) is 5.75 Å². The number of anilines is 1. The minimum atomic E-state index is -4.83. The summed E-state index contributed by atoms with van der Waals surface area (Å²) in [5.74, 6) is -0.677.